The van der Waals surface area contributed by atoms with Gasteiger partial charge in [-0.1, -0.05) is 0 Å². The molecule has 4 aromatic rings. The van der Waals surface area contributed by atoms with Crippen molar-refractivity contribution in [3.63, 3.8) is 0 Å². The molecule has 0 N–H and O–H groups in total. The number of nitrogens with zero attached hydrogens (tertiary/aromatic N) is 4. The predicted molar refractivity (Wildman–Crippen MR) is 81.3 cm³/mol. The molecule has 8 heteroatoms. The summed E-state index contributed by atoms with van der Waals surface area (Å²) in [5.41, 5.74) is 3.59. The number of hydrogen-bond donors (Lipinski definition) is 0. The summed E-state index contributed by atoms with van der Waals surface area (Å²) < 4.78 is 19.3. The minimum Gasteiger partial charge on any atom is -0.173 e. The third-order valence-corrected chi connectivity index (χ3v) is 5.09. The van der Waals surface area contributed by atoms with E-state index in [0.717, 1.165) is 41.8 Å². The van der Waals surface area contributed by atoms with Gasteiger partial charge in [0.1, 0.15) is 22.1 Å². The molecule has 0 bridgehead atoms. The van der Waals surface area contributed by atoms with E-state index in [1.807, 2.05) is 12.1 Å². The van der Waals surface area contributed by atoms with Crippen LogP contribution in [-0.4, -0.2) is 17.5 Å². The van der Waals surface area contributed by atoms with E-state index in [-0.39, 0.29) is 0 Å². The standard InChI is InChI=1S/C10H2Br2N4S2/c11-3-1-5-9(15-17-13-5)8-4(12)2-6-10(7(3)8)16-18-14-6/h1-2H. The van der Waals surface area contributed by atoms with Crippen molar-refractivity contribution in [3.8, 4) is 0 Å². The van der Waals surface area contributed by atoms with Gasteiger partial charge in [-0.3, -0.25) is 0 Å². The maximum atomic E-state index is 4.37. The van der Waals surface area contributed by atoms with E-state index in [1.165, 1.54) is 23.5 Å². The van der Waals surface area contributed by atoms with E-state index in [1.54, 1.807) is 0 Å². The number of benzene rings is 2. The number of aromatic nitrogens is 4. The van der Waals surface area contributed by atoms with Crippen molar-refractivity contribution in [3.05, 3.63) is 21.1 Å². The monoisotopic (exact) mass is 400 g/mol. The summed E-state index contributed by atoms with van der Waals surface area (Å²) in [5, 5.41) is 2.07. The van der Waals surface area contributed by atoms with Crippen molar-refractivity contribution in [2.75, 3.05) is 0 Å². The van der Waals surface area contributed by atoms with Gasteiger partial charge in [-0.25, -0.2) is 0 Å². The van der Waals surface area contributed by atoms with E-state index in [2.05, 4.69) is 49.4 Å². The fraction of sp³-hybridized carbons (Fsp3) is 0. The molecule has 4 rings (SSSR count). The number of hydrogen-bond acceptors (Lipinski definition) is 6. The third kappa shape index (κ3) is 1.40. The molecule has 0 aliphatic carbocycles. The molecule has 0 spiro atoms. The van der Waals surface area contributed by atoms with E-state index >= 15 is 0 Å². The Kier molecular flexibility index (Phi) is 2.41. The molecule has 2 aromatic carbocycles. The largest absolute Gasteiger partial charge is 0.173 e. The molecule has 18 heavy (non-hydrogen) atoms. The van der Waals surface area contributed by atoms with Gasteiger partial charge in [0.15, 0.2) is 0 Å². The van der Waals surface area contributed by atoms with E-state index in [4.69, 9.17) is 0 Å². The first-order valence-electron chi connectivity index (χ1n) is 4.91. The summed E-state index contributed by atoms with van der Waals surface area (Å²) in [4.78, 5) is 0. The zero-order valence-electron chi connectivity index (χ0n) is 8.52. The molecule has 0 saturated heterocycles. The van der Waals surface area contributed by atoms with Crippen LogP contribution in [0.15, 0.2) is 21.1 Å². The summed E-state index contributed by atoms with van der Waals surface area (Å²) in [6, 6.07) is 3.96. The van der Waals surface area contributed by atoms with Crippen LogP contribution >= 0.6 is 55.3 Å². The van der Waals surface area contributed by atoms with Crippen LogP contribution < -0.4 is 0 Å². The minimum atomic E-state index is 0.891. The molecule has 0 saturated carbocycles. The van der Waals surface area contributed by atoms with Gasteiger partial charge >= 0.3 is 0 Å². The Labute approximate surface area is 126 Å². The van der Waals surface area contributed by atoms with Gasteiger partial charge in [-0.15, -0.1) is 0 Å². The van der Waals surface area contributed by atoms with E-state index < -0.39 is 0 Å². The quantitative estimate of drug-likeness (QED) is 0.438. The van der Waals surface area contributed by atoms with Crippen LogP contribution in [0.5, 0.6) is 0 Å². The van der Waals surface area contributed by atoms with Crippen LogP contribution in [0.2, 0.25) is 0 Å². The van der Waals surface area contributed by atoms with Crippen molar-refractivity contribution in [2.24, 2.45) is 0 Å². The summed E-state index contributed by atoms with van der Waals surface area (Å²) in [6.07, 6.45) is 0. The number of fused-ring (bicyclic) bond motifs is 5. The molecule has 88 valence electrons. The molecule has 0 aliphatic heterocycles. The Hall–Kier alpha value is -0.700. The van der Waals surface area contributed by atoms with Crippen molar-refractivity contribution in [1.82, 2.24) is 17.5 Å². The normalized spacial score (nSPS) is 11.9. The topological polar surface area (TPSA) is 51.6 Å². The maximum absolute atomic E-state index is 4.37. The Bertz CT molecular complexity index is 839. The third-order valence-electron chi connectivity index (χ3n) is 2.76. The lowest BCUT2D eigenvalue weighted by molar-refractivity contribution is 1.62. The second kappa shape index (κ2) is 3.89. The average molecular weight is 402 g/mol. The zero-order chi connectivity index (χ0) is 12.3. The fourth-order valence-electron chi connectivity index (χ4n) is 2.01. The van der Waals surface area contributed by atoms with Crippen LogP contribution in [0.3, 0.4) is 0 Å². The van der Waals surface area contributed by atoms with E-state index in [0.29, 0.717) is 0 Å². The molecule has 0 aliphatic rings. The highest BCUT2D eigenvalue weighted by molar-refractivity contribution is 9.11. The molecule has 4 nitrogen and oxygen atoms in total. The van der Waals surface area contributed by atoms with Gasteiger partial charge in [0, 0.05) is 19.7 Å². The SMILES string of the molecule is Brc1cc2nsnc2c2c(Br)cc3nsnc3c12. The van der Waals surface area contributed by atoms with Crippen molar-refractivity contribution in [1.29, 1.82) is 0 Å². The predicted octanol–water partition coefficient (Wildman–Crippen LogP) is 4.37. The highest BCUT2D eigenvalue weighted by Gasteiger charge is 2.16. The second-order valence-corrected chi connectivity index (χ2v) is 6.50. The maximum Gasteiger partial charge on any atom is 0.113 e. The highest BCUT2D eigenvalue weighted by atomic mass is 79.9. The Morgan fingerprint density at radius 3 is 1.61 bits per heavy atom. The fourth-order valence-corrected chi connectivity index (χ4v) is 4.29. The van der Waals surface area contributed by atoms with Crippen LogP contribution in [0.4, 0.5) is 0 Å². The lowest BCUT2D eigenvalue weighted by atomic mass is 10.1. The smallest absolute Gasteiger partial charge is 0.113 e. The molecule has 0 amide bonds. The van der Waals surface area contributed by atoms with Crippen molar-refractivity contribution < 1.29 is 0 Å². The molecule has 0 unspecified atom stereocenters. The van der Waals surface area contributed by atoms with Crippen molar-refractivity contribution >= 4 is 88.2 Å². The molecular formula is C10H2Br2N4S2. The van der Waals surface area contributed by atoms with E-state index in [9.17, 15) is 0 Å². The summed E-state index contributed by atoms with van der Waals surface area (Å²) in [6.45, 7) is 0. The zero-order valence-corrected chi connectivity index (χ0v) is 13.3. The molecule has 0 fully saturated rings. The Morgan fingerprint density at radius 2 is 1.17 bits per heavy atom. The summed E-state index contributed by atoms with van der Waals surface area (Å²) >= 11 is 9.63. The average Bonchev–Trinajstić information content (AvgIpc) is 2.95. The van der Waals surface area contributed by atoms with Crippen LogP contribution in [0.1, 0.15) is 0 Å². The first-order valence-corrected chi connectivity index (χ1v) is 7.95. The second-order valence-electron chi connectivity index (χ2n) is 3.73. The van der Waals surface area contributed by atoms with Gasteiger partial charge in [0.05, 0.1) is 23.5 Å². The van der Waals surface area contributed by atoms with Gasteiger partial charge < -0.3 is 0 Å². The summed E-state index contributed by atoms with van der Waals surface area (Å²) in [7, 11) is 0. The van der Waals surface area contributed by atoms with Crippen LogP contribution in [0.25, 0.3) is 32.8 Å². The Morgan fingerprint density at radius 1 is 0.722 bits per heavy atom. The van der Waals surface area contributed by atoms with Crippen molar-refractivity contribution in [2.45, 2.75) is 0 Å². The molecule has 2 aromatic heterocycles. The number of rotatable bonds is 0. The minimum absolute atomic E-state index is 0.891. The van der Waals surface area contributed by atoms with Crippen LogP contribution in [-0.2, 0) is 0 Å². The lowest BCUT2D eigenvalue weighted by Crippen LogP contribution is -1.83. The molecule has 0 atom stereocenters. The van der Waals surface area contributed by atoms with Gasteiger partial charge in [0.2, 0.25) is 0 Å². The van der Waals surface area contributed by atoms with Gasteiger partial charge in [0.25, 0.3) is 0 Å². The Balaban J connectivity index is 2.45. The lowest BCUT2D eigenvalue weighted by Gasteiger charge is -2.04. The number of halogens is 2. The van der Waals surface area contributed by atoms with Crippen LogP contribution in [0, 0.1) is 0 Å². The first kappa shape index (κ1) is 11.2. The molecule has 2 heterocycles. The van der Waals surface area contributed by atoms with Gasteiger partial charge in [-0.2, -0.15) is 17.5 Å². The van der Waals surface area contributed by atoms with Gasteiger partial charge in [-0.05, 0) is 44.0 Å². The first-order chi connectivity index (χ1) is 8.75. The molecule has 0 radical (unpaired) electrons. The summed E-state index contributed by atoms with van der Waals surface area (Å²) in [5.74, 6) is 0. The molecular weight excluding hydrogens is 400 g/mol. The highest BCUT2D eigenvalue weighted by Crippen LogP contribution is 2.39.